The van der Waals surface area contributed by atoms with Crippen LogP contribution in [0.25, 0.3) is 0 Å². The Kier molecular flexibility index (Phi) is 8.73. The van der Waals surface area contributed by atoms with Crippen LogP contribution >= 0.6 is 11.8 Å². The largest absolute Gasteiger partial charge is 0.328 e. The van der Waals surface area contributed by atoms with Gasteiger partial charge >= 0.3 is 0 Å². The molecule has 0 heterocycles. The summed E-state index contributed by atoms with van der Waals surface area (Å²) in [6, 6.07) is 1.10. The van der Waals surface area contributed by atoms with Gasteiger partial charge in [0.2, 0.25) is 0 Å². The minimum Gasteiger partial charge on any atom is -0.328 e. The van der Waals surface area contributed by atoms with Crippen molar-refractivity contribution in [3.8, 4) is 0 Å². The molecule has 2 N–H and O–H groups in total. The Morgan fingerprint density at radius 3 is 2.36 bits per heavy atom. The summed E-state index contributed by atoms with van der Waals surface area (Å²) in [6.07, 6.45) is 5.62. The molecular formula is C11H26N2S. The third-order valence-electron chi connectivity index (χ3n) is 2.83. The van der Waals surface area contributed by atoms with Gasteiger partial charge in [0.15, 0.2) is 0 Å². The van der Waals surface area contributed by atoms with Gasteiger partial charge < -0.3 is 10.6 Å². The van der Waals surface area contributed by atoms with Crippen molar-refractivity contribution in [3.05, 3.63) is 0 Å². The second-order valence-corrected chi connectivity index (χ2v) is 4.87. The fourth-order valence-electron chi connectivity index (χ4n) is 1.51. The molecule has 86 valence electrons. The van der Waals surface area contributed by atoms with Crippen LogP contribution in [0.4, 0.5) is 0 Å². The Morgan fingerprint density at radius 1 is 1.29 bits per heavy atom. The van der Waals surface area contributed by atoms with Gasteiger partial charge in [-0.2, -0.15) is 11.8 Å². The first-order valence-corrected chi connectivity index (χ1v) is 6.99. The summed E-state index contributed by atoms with van der Waals surface area (Å²) < 4.78 is 0. The van der Waals surface area contributed by atoms with E-state index in [1.54, 1.807) is 0 Å². The average molecular weight is 218 g/mol. The first kappa shape index (κ1) is 14.3. The van der Waals surface area contributed by atoms with Crippen molar-refractivity contribution < 1.29 is 0 Å². The smallest absolute Gasteiger partial charge is 0.0180 e. The zero-order valence-electron chi connectivity index (χ0n) is 10.1. The molecule has 0 rings (SSSR count). The first-order valence-electron chi connectivity index (χ1n) is 5.60. The van der Waals surface area contributed by atoms with Gasteiger partial charge in [-0.1, -0.05) is 13.8 Å². The Hall–Kier alpha value is 0.270. The number of rotatable bonds is 8. The zero-order chi connectivity index (χ0) is 11.0. The van der Waals surface area contributed by atoms with Crippen LogP contribution in [0.3, 0.4) is 0 Å². The van der Waals surface area contributed by atoms with Crippen LogP contribution in [-0.2, 0) is 0 Å². The summed E-state index contributed by atoms with van der Waals surface area (Å²) >= 11 is 1.93. The fourth-order valence-corrected chi connectivity index (χ4v) is 2.38. The van der Waals surface area contributed by atoms with Crippen LogP contribution < -0.4 is 5.73 Å². The van der Waals surface area contributed by atoms with E-state index >= 15 is 0 Å². The molecule has 14 heavy (non-hydrogen) atoms. The van der Waals surface area contributed by atoms with Crippen LogP contribution in [0.15, 0.2) is 0 Å². The maximum absolute atomic E-state index is 5.90. The molecule has 0 aliphatic rings. The number of nitrogens with two attached hydrogens (primary N) is 1. The van der Waals surface area contributed by atoms with Gasteiger partial charge in [-0.05, 0) is 39.1 Å². The summed E-state index contributed by atoms with van der Waals surface area (Å²) in [6.45, 7) is 5.55. The zero-order valence-corrected chi connectivity index (χ0v) is 10.9. The molecule has 0 spiro atoms. The monoisotopic (exact) mass is 218 g/mol. The summed E-state index contributed by atoms with van der Waals surface area (Å²) in [5.41, 5.74) is 5.90. The molecule has 0 aromatic rings. The van der Waals surface area contributed by atoms with Gasteiger partial charge in [-0.3, -0.25) is 0 Å². The van der Waals surface area contributed by atoms with Crippen molar-refractivity contribution in [3.63, 3.8) is 0 Å². The lowest BCUT2D eigenvalue weighted by Gasteiger charge is -2.27. The maximum atomic E-state index is 5.90. The van der Waals surface area contributed by atoms with E-state index in [1.165, 1.54) is 12.2 Å². The molecule has 0 aliphatic heterocycles. The lowest BCUT2D eigenvalue weighted by molar-refractivity contribution is 0.246. The van der Waals surface area contributed by atoms with Crippen molar-refractivity contribution in [2.24, 2.45) is 5.73 Å². The second-order valence-electron chi connectivity index (χ2n) is 3.96. The van der Waals surface area contributed by atoms with E-state index in [9.17, 15) is 0 Å². The predicted octanol–water partition coefficient (Wildman–Crippen LogP) is 2.19. The van der Waals surface area contributed by atoms with Gasteiger partial charge in [0.25, 0.3) is 0 Å². The van der Waals surface area contributed by atoms with Gasteiger partial charge in [0, 0.05) is 17.8 Å². The van der Waals surface area contributed by atoms with Gasteiger partial charge in [-0.25, -0.2) is 0 Å². The molecule has 2 unspecified atom stereocenters. The Morgan fingerprint density at radius 2 is 1.93 bits per heavy atom. The lowest BCUT2D eigenvalue weighted by atomic mass is 10.1. The highest BCUT2D eigenvalue weighted by Crippen LogP contribution is 2.09. The van der Waals surface area contributed by atoms with Crippen molar-refractivity contribution in [1.29, 1.82) is 0 Å². The summed E-state index contributed by atoms with van der Waals surface area (Å²) in [5, 5.41) is 0. The van der Waals surface area contributed by atoms with Crippen LogP contribution in [-0.4, -0.2) is 42.6 Å². The van der Waals surface area contributed by atoms with E-state index in [0.717, 1.165) is 19.4 Å². The fraction of sp³-hybridized carbons (Fsp3) is 1.00. The third kappa shape index (κ3) is 5.89. The Bertz CT molecular complexity index is 130. The molecule has 3 heteroatoms. The molecule has 0 fully saturated rings. The predicted molar refractivity (Wildman–Crippen MR) is 68.0 cm³/mol. The van der Waals surface area contributed by atoms with E-state index in [0.29, 0.717) is 12.1 Å². The van der Waals surface area contributed by atoms with Crippen LogP contribution in [0.2, 0.25) is 0 Å². The van der Waals surface area contributed by atoms with E-state index in [-0.39, 0.29) is 0 Å². The number of nitrogens with zero attached hydrogens (tertiary/aromatic N) is 1. The molecule has 0 saturated carbocycles. The van der Waals surface area contributed by atoms with Crippen LogP contribution in [0.5, 0.6) is 0 Å². The Labute approximate surface area is 93.6 Å². The quantitative estimate of drug-likeness (QED) is 0.677. The normalized spacial score (nSPS) is 15.9. The van der Waals surface area contributed by atoms with Gasteiger partial charge in [0.1, 0.15) is 0 Å². The molecule has 0 radical (unpaired) electrons. The topological polar surface area (TPSA) is 29.3 Å². The molecule has 0 amide bonds. The molecule has 2 nitrogen and oxygen atoms in total. The van der Waals surface area contributed by atoms with Crippen molar-refractivity contribution >= 4 is 11.8 Å². The molecule has 0 bridgehead atoms. The summed E-state index contributed by atoms with van der Waals surface area (Å²) in [4.78, 5) is 2.45. The van der Waals surface area contributed by atoms with Crippen molar-refractivity contribution in [1.82, 2.24) is 4.90 Å². The van der Waals surface area contributed by atoms with E-state index < -0.39 is 0 Å². The second kappa shape index (κ2) is 8.57. The van der Waals surface area contributed by atoms with E-state index in [2.05, 4.69) is 32.1 Å². The molecule has 0 saturated heterocycles. The molecule has 0 aliphatic carbocycles. The number of hydrogen-bond donors (Lipinski definition) is 1. The SMILES string of the molecule is CCC(N)CCN(C)C(CC)CSC. The molecular weight excluding hydrogens is 192 g/mol. The van der Waals surface area contributed by atoms with Crippen LogP contribution in [0, 0.1) is 0 Å². The minimum atomic E-state index is 0.379. The van der Waals surface area contributed by atoms with Crippen molar-refractivity contribution in [2.45, 2.75) is 45.2 Å². The van der Waals surface area contributed by atoms with E-state index in [1.807, 2.05) is 11.8 Å². The number of thioether (sulfide) groups is 1. The van der Waals surface area contributed by atoms with E-state index in [4.69, 9.17) is 5.73 Å². The third-order valence-corrected chi connectivity index (χ3v) is 3.55. The minimum absolute atomic E-state index is 0.379. The highest BCUT2D eigenvalue weighted by Gasteiger charge is 2.12. The Balaban J connectivity index is 3.73. The van der Waals surface area contributed by atoms with Gasteiger partial charge in [0.05, 0.1) is 0 Å². The molecule has 0 aromatic carbocycles. The van der Waals surface area contributed by atoms with Gasteiger partial charge in [-0.15, -0.1) is 0 Å². The average Bonchev–Trinajstić information content (AvgIpc) is 2.21. The summed E-state index contributed by atoms with van der Waals surface area (Å²) in [5.74, 6) is 1.23. The highest BCUT2D eigenvalue weighted by molar-refractivity contribution is 7.98. The lowest BCUT2D eigenvalue weighted by Crippen LogP contribution is -2.36. The van der Waals surface area contributed by atoms with Crippen molar-refractivity contribution in [2.75, 3.05) is 25.6 Å². The summed E-state index contributed by atoms with van der Waals surface area (Å²) in [7, 11) is 2.22. The maximum Gasteiger partial charge on any atom is 0.0180 e. The van der Waals surface area contributed by atoms with Crippen LogP contribution in [0.1, 0.15) is 33.1 Å². The standard InChI is InChI=1S/C11H26N2S/c1-5-10(12)7-8-13(3)11(6-2)9-14-4/h10-11H,5-9,12H2,1-4H3. The molecule has 2 atom stereocenters. The molecule has 0 aromatic heterocycles. The first-order chi connectivity index (χ1) is 6.65. The number of hydrogen-bond acceptors (Lipinski definition) is 3. The highest BCUT2D eigenvalue weighted by atomic mass is 32.2.